The van der Waals surface area contributed by atoms with Gasteiger partial charge in [-0.2, -0.15) is 0 Å². The number of ether oxygens (including phenoxy) is 2. The minimum absolute atomic E-state index is 0.0112. The maximum absolute atomic E-state index is 14.5. The molecule has 5 rings (SSSR count). The van der Waals surface area contributed by atoms with E-state index in [4.69, 9.17) is 9.47 Å². The van der Waals surface area contributed by atoms with E-state index in [1.54, 1.807) is 18.9 Å². The number of amides is 4. The van der Waals surface area contributed by atoms with Crippen LogP contribution in [0.15, 0.2) is 42.5 Å². The fourth-order valence-electron chi connectivity index (χ4n) is 6.49. The van der Waals surface area contributed by atoms with Crippen LogP contribution >= 0.6 is 0 Å². The van der Waals surface area contributed by atoms with Gasteiger partial charge in [0, 0.05) is 58.7 Å². The molecule has 0 saturated heterocycles. The van der Waals surface area contributed by atoms with E-state index in [-0.39, 0.29) is 30.0 Å². The lowest BCUT2D eigenvalue weighted by Crippen LogP contribution is -2.39. The van der Waals surface area contributed by atoms with Crippen LogP contribution in [0.2, 0.25) is 0 Å². The average Bonchev–Trinajstić information content (AvgIpc) is 3.37. The van der Waals surface area contributed by atoms with Gasteiger partial charge in [-0.15, -0.1) is 0 Å². The number of nitrogens with zero attached hydrogens (tertiary/aromatic N) is 3. The number of hydrogen-bond donors (Lipinski definition) is 1. The number of carbonyl (C=O) groups is 4. The molecular formula is C33H42N4O6. The van der Waals surface area contributed by atoms with Crippen molar-refractivity contribution < 1.29 is 28.7 Å². The maximum atomic E-state index is 14.5. The Bertz CT molecular complexity index is 1350. The lowest BCUT2D eigenvalue weighted by atomic mass is 9.87. The lowest BCUT2D eigenvalue weighted by Gasteiger charge is -2.33. The molecule has 230 valence electrons. The van der Waals surface area contributed by atoms with Crippen molar-refractivity contribution >= 4 is 23.6 Å². The Morgan fingerprint density at radius 1 is 0.860 bits per heavy atom. The van der Waals surface area contributed by atoms with E-state index in [1.165, 1.54) is 6.92 Å². The van der Waals surface area contributed by atoms with Gasteiger partial charge >= 0.3 is 0 Å². The lowest BCUT2D eigenvalue weighted by molar-refractivity contribution is -0.135. The van der Waals surface area contributed by atoms with E-state index >= 15 is 0 Å². The highest BCUT2D eigenvalue weighted by atomic mass is 16.5. The second-order valence-corrected chi connectivity index (χ2v) is 11.6. The summed E-state index contributed by atoms with van der Waals surface area (Å²) in [5.41, 5.74) is 2.42. The van der Waals surface area contributed by atoms with Gasteiger partial charge in [0.1, 0.15) is 23.5 Å². The van der Waals surface area contributed by atoms with Crippen LogP contribution in [-0.2, 0) is 19.2 Å². The predicted octanol–water partition coefficient (Wildman–Crippen LogP) is 3.57. The summed E-state index contributed by atoms with van der Waals surface area (Å²) in [6.07, 6.45) is 2.24. The second kappa shape index (κ2) is 13.5. The Kier molecular flexibility index (Phi) is 9.52. The molecule has 4 amide bonds. The van der Waals surface area contributed by atoms with Gasteiger partial charge in [-0.05, 0) is 61.1 Å². The van der Waals surface area contributed by atoms with Crippen molar-refractivity contribution in [2.45, 2.75) is 64.0 Å². The summed E-state index contributed by atoms with van der Waals surface area (Å²) in [5, 5.41) is 3.01. The first-order valence-electron chi connectivity index (χ1n) is 15.3. The van der Waals surface area contributed by atoms with Crippen molar-refractivity contribution in [3.05, 3.63) is 59.2 Å². The third kappa shape index (κ3) is 6.78. The Labute approximate surface area is 253 Å². The van der Waals surface area contributed by atoms with Crippen molar-refractivity contribution in [2.24, 2.45) is 0 Å². The minimum Gasteiger partial charge on any atom is -0.497 e. The summed E-state index contributed by atoms with van der Waals surface area (Å²) in [4.78, 5) is 58.6. The molecule has 0 saturated carbocycles. The van der Waals surface area contributed by atoms with Gasteiger partial charge in [0.2, 0.25) is 23.6 Å². The molecule has 4 bridgehead atoms. The van der Waals surface area contributed by atoms with E-state index in [9.17, 15) is 19.2 Å². The first-order chi connectivity index (χ1) is 20.8. The van der Waals surface area contributed by atoms with Crippen LogP contribution in [0.25, 0.3) is 0 Å². The highest BCUT2D eigenvalue weighted by Crippen LogP contribution is 2.48. The van der Waals surface area contributed by atoms with Crippen LogP contribution in [-0.4, -0.2) is 84.7 Å². The number of carbonyl (C=O) groups excluding carboxylic acids is 4. The zero-order valence-corrected chi connectivity index (χ0v) is 25.3. The maximum Gasteiger partial charge on any atom is 0.234 e. The van der Waals surface area contributed by atoms with Crippen LogP contribution in [0, 0.1) is 0 Å². The highest BCUT2D eigenvalue weighted by Gasteiger charge is 2.43. The van der Waals surface area contributed by atoms with Crippen LogP contribution in [0.3, 0.4) is 0 Å². The molecule has 2 aromatic carbocycles. The van der Waals surface area contributed by atoms with E-state index in [2.05, 4.69) is 5.32 Å². The first-order valence-corrected chi connectivity index (χ1v) is 15.3. The topological polar surface area (TPSA) is 108 Å². The molecule has 0 radical (unpaired) electrons. The third-order valence-corrected chi connectivity index (χ3v) is 8.80. The molecule has 0 aromatic heterocycles. The molecule has 3 heterocycles. The van der Waals surface area contributed by atoms with Gasteiger partial charge in [0.15, 0.2) is 0 Å². The van der Waals surface area contributed by atoms with Crippen LogP contribution < -0.4 is 14.8 Å². The predicted molar refractivity (Wildman–Crippen MR) is 161 cm³/mol. The Morgan fingerprint density at radius 2 is 1.56 bits per heavy atom. The van der Waals surface area contributed by atoms with E-state index < -0.39 is 18.1 Å². The number of rotatable bonds is 2. The van der Waals surface area contributed by atoms with Crippen molar-refractivity contribution in [2.75, 3.05) is 46.4 Å². The monoisotopic (exact) mass is 590 g/mol. The summed E-state index contributed by atoms with van der Waals surface area (Å²) in [6, 6.07) is 12.8. The number of fused-ring (bicyclic) bond motifs is 1. The largest absolute Gasteiger partial charge is 0.497 e. The number of benzene rings is 2. The fourth-order valence-corrected chi connectivity index (χ4v) is 6.49. The molecule has 10 heteroatoms. The summed E-state index contributed by atoms with van der Waals surface area (Å²) in [5.74, 6) is 0.418. The molecule has 0 aliphatic carbocycles. The van der Waals surface area contributed by atoms with Crippen LogP contribution in [0.4, 0.5) is 0 Å². The van der Waals surface area contributed by atoms with Crippen LogP contribution in [0.5, 0.6) is 11.5 Å². The smallest absolute Gasteiger partial charge is 0.234 e. The van der Waals surface area contributed by atoms with Gasteiger partial charge in [0.25, 0.3) is 0 Å². The summed E-state index contributed by atoms with van der Waals surface area (Å²) >= 11 is 0. The van der Waals surface area contributed by atoms with Gasteiger partial charge in [-0.3, -0.25) is 19.2 Å². The zero-order valence-electron chi connectivity index (χ0n) is 25.3. The van der Waals surface area contributed by atoms with E-state index in [0.29, 0.717) is 57.9 Å². The average molecular weight is 591 g/mol. The quantitative estimate of drug-likeness (QED) is 0.573. The molecule has 43 heavy (non-hydrogen) atoms. The fraction of sp³-hybridized carbons (Fsp3) is 0.515. The number of hydrogen-bond acceptors (Lipinski definition) is 6. The SMILES string of the molecule is COc1ccc(C2Oc3ccc4cc3C2C(=O)N2CCCCN(C(C)=O)CCCN(C(C)=O)C4CC(=O)NCCC2)cc1. The Morgan fingerprint density at radius 3 is 2.28 bits per heavy atom. The summed E-state index contributed by atoms with van der Waals surface area (Å²) in [6.45, 7) is 6.04. The molecule has 3 unspecified atom stereocenters. The van der Waals surface area contributed by atoms with Gasteiger partial charge in [-0.25, -0.2) is 0 Å². The molecule has 10 nitrogen and oxygen atoms in total. The Balaban J connectivity index is 1.63. The van der Waals surface area contributed by atoms with Crippen molar-refractivity contribution in [3.63, 3.8) is 0 Å². The Hall–Kier alpha value is -4.08. The number of methoxy groups -OCH3 is 1. The molecule has 3 atom stereocenters. The first kappa shape index (κ1) is 30.4. The standard InChI is InChI=1S/C33H42N4O6/c1-22(38)35-15-4-5-16-36-17-6-14-34-30(40)21-28(37(23(2)39)19-7-18-35)25-10-13-29-27(20-25)31(33(36)41)32(43-29)24-8-11-26(42-3)12-9-24/h8-13,20,28,31-32H,4-7,14-19,21H2,1-3H3,(H,34,40). The molecule has 0 fully saturated rings. The van der Waals surface area contributed by atoms with Crippen molar-refractivity contribution in [1.82, 2.24) is 20.0 Å². The van der Waals surface area contributed by atoms with Crippen molar-refractivity contribution in [3.8, 4) is 11.5 Å². The summed E-state index contributed by atoms with van der Waals surface area (Å²) < 4.78 is 11.9. The molecule has 3 aliphatic rings. The van der Waals surface area contributed by atoms with E-state index in [0.717, 1.165) is 35.3 Å². The van der Waals surface area contributed by atoms with Gasteiger partial charge < -0.3 is 29.5 Å². The molecule has 1 N–H and O–H groups in total. The number of nitrogens with one attached hydrogen (secondary N) is 1. The molecular weight excluding hydrogens is 548 g/mol. The minimum atomic E-state index is -0.596. The normalized spacial score (nSPS) is 23.4. The second-order valence-electron chi connectivity index (χ2n) is 11.6. The molecule has 0 spiro atoms. The van der Waals surface area contributed by atoms with Crippen LogP contribution in [0.1, 0.15) is 80.7 Å². The highest BCUT2D eigenvalue weighted by molar-refractivity contribution is 5.87. The molecule has 2 aromatic rings. The molecule has 3 aliphatic heterocycles. The zero-order chi connectivity index (χ0) is 30.5. The summed E-state index contributed by atoms with van der Waals surface area (Å²) in [7, 11) is 1.62. The third-order valence-electron chi connectivity index (χ3n) is 8.80. The van der Waals surface area contributed by atoms with Gasteiger partial charge in [0.05, 0.1) is 19.6 Å². The van der Waals surface area contributed by atoms with Gasteiger partial charge in [-0.1, -0.05) is 18.2 Å². The van der Waals surface area contributed by atoms with Crippen molar-refractivity contribution in [1.29, 1.82) is 0 Å². The van der Waals surface area contributed by atoms with E-state index in [1.807, 2.05) is 52.3 Å².